The Morgan fingerprint density at radius 2 is 1.90 bits per heavy atom. The molecule has 0 aliphatic rings. The van der Waals surface area contributed by atoms with Gasteiger partial charge < -0.3 is 10.7 Å². The Kier molecular flexibility index (Phi) is 3.48. The highest BCUT2D eigenvalue weighted by molar-refractivity contribution is 5.82. The SMILES string of the molecule is Cc1nc(CCc2ccccc2)c2c(CN)c[nH]c2n1. The number of hydrogen-bond acceptors (Lipinski definition) is 3. The van der Waals surface area contributed by atoms with Crippen LogP contribution in [0.1, 0.15) is 22.6 Å². The third-order valence-electron chi connectivity index (χ3n) is 3.51. The van der Waals surface area contributed by atoms with Gasteiger partial charge in [0.15, 0.2) is 0 Å². The second-order valence-electron chi connectivity index (χ2n) is 4.94. The topological polar surface area (TPSA) is 67.6 Å². The zero-order valence-electron chi connectivity index (χ0n) is 11.6. The van der Waals surface area contributed by atoms with E-state index in [1.165, 1.54) is 5.56 Å². The van der Waals surface area contributed by atoms with Gasteiger partial charge in [-0.25, -0.2) is 9.97 Å². The third kappa shape index (κ3) is 2.42. The number of aromatic amines is 1. The van der Waals surface area contributed by atoms with Crippen LogP contribution in [0.5, 0.6) is 0 Å². The Morgan fingerprint density at radius 1 is 1.10 bits per heavy atom. The van der Waals surface area contributed by atoms with Crippen molar-refractivity contribution in [3.63, 3.8) is 0 Å². The fourth-order valence-corrected chi connectivity index (χ4v) is 2.55. The van der Waals surface area contributed by atoms with Crippen LogP contribution in [0.25, 0.3) is 11.0 Å². The van der Waals surface area contributed by atoms with Crippen molar-refractivity contribution in [1.29, 1.82) is 0 Å². The Morgan fingerprint density at radius 3 is 2.65 bits per heavy atom. The number of nitrogens with one attached hydrogen (secondary N) is 1. The molecule has 0 spiro atoms. The zero-order valence-corrected chi connectivity index (χ0v) is 11.6. The predicted octanol–water partition coefficient (Wildman–Crippen LogP) is 2.51. The lowest BCUT2D eigenvalue weighted by Crippen LogP contribution is -2.02. The van der Waals surface area contributed by atoms with Crippen molar-refractivity contribution in [2.24, 2.45) is 5.73 Å². The van der Waals surface area contributed by atoms with Crippen molar-refractivity contribution in [2.75, 3.05) is 0 Å². The number of nitrogens with zero attached hydrogens (tertiary/aromatic N) is 2. The molecule has 0 unspecified atom stereocenters. The van der Waals surface area contributed by atoms with Crippen LogP contribution in [0.3, 0.4) is 0 Å². The maximum Gasteiger partial charge on any atom is 0.141 e. The van der Waals surface area contributed by atoms with E-state index >= 15 is 0 Å². The van der Waals surface area contributed by atoms with Gasteiger partial charge in [0.25, 0.3) is 0 Å². The second-order valence-corrected chi connectivity index (χ2v) is 4.94. The van der Waals surface area contributed by atoms with Gasteiger partial charge in [-0.2, -0.15) is 0 Å². The molecule has 0 amide bonds. The number of hydrogen-bond donors (Lipinski definition) is 2. The van der Waals surface area contributed by atoms with Crippen molar-refractivity contribution < 1.29 is 0 Å². The standard InChI is InChI=1S/C16H18N4/c1-11-19-14(8-7-12-5-3-2-4-6-12)15-13(9-17)10-18-16(15)20-11/h2-6,10H,7-9,17H2,1H3,(H,18,19,20). The molecule has 0 aliphatic carbocycles. The molecule has 2 aromatic heterocycles. The first kappa shape index (κ1) is 12.8. The highest BCUT2D eigenvalue weighted by atomic mass is 14.9. The van der Waals surface area contributed by atoms with Crippen molar-refractivity contribution in [1.82, 2.24) is 15.0 Å². The maximum atomic E-state index is 5.80. The van der Waals surface area contributed by atoms with Gasteiger partial charge in [-0.15, -0.1) is 0 Å². The molecule has 0 bridgehead atoms. The molecule has 0 saturated heterocycles. The van der Waals surface area contributed by atoms with Crippen molar-refractivity contribution in [3.05, 3.63) is 59.2 Å². The molecule has 3 N–H and O–H groups in total. The van der Waals surface area contributed by atoms with E-state index in [1.807, 2.05) is 19.2 Å². The fourth-order valence-electron chi connectivity index (χ4n) is 2.55. The average molecular weight is 266 g/mol. The molecule has 0 radical (unpaired) electrons. The van der Waals surface area contributed by atoms with E-state index < -0.39 is 0 Å². The Bertz CT molecular complexity index is 716. The number of nitrogens with two attached hydrogens (primary N) is 1. The van der Waals surface area contributed by atoms with E-state index in [0.29, 0.717) is 6.54 Å². The Labute approximate surface area is 118 Å². The predicted molar refractivity (Wildman–Crippen MR) is 80.4 cm³/mol. The average Bonchev–Trinajstić information content (AvgIpc) is 2.88. The molecule has 20 heavy (non-hydrogen) atoms. The van der Waals surface area contributed by atoms with Crippen LogP contribution < -0.4 is 5.73 Å². The van der Waals surface area contributed by atoms with Gasteiger partial charge in [0, 0.05) is 18.1 Å². The van der Waals surface area contributed by atoms with Gasteiger partial charge in [0.05, 0.1) is 5.69 Å². The largest absolute Gasteiger partial charge is 0.346 e. The fraction of sp³-hybridized carbons (Fsp3) is 0.250. The molecule has 4 nitrogen and oxygen atoms in total. The summed E-state index contributed by atoms with van der Waals surface area (Å²) in [4.78, 5) is 12.2. The van der Waals surface area contributed by atoms with Gasteiger partial charge in [-0.05, 0) is 30.9 Å². The summed E-state index contributed by atoms with van der Waals surface area (Å²) in [5.74, 6) is 0.797. The first-order valence-electron chi connectivity index (χ1n) is 6.85. The number of aryl methyl sites for hydroxylation is 3. The van der Waals surface area contributed by atoms with E-state index in [0.717, 1.165) is 41.0 Å². The summed E-state index contributed by atoms with van der Waals surface area (Å²) >= 11 is 0. The van der Waals surface area contributed by atoms with Crippen molar-refractivity contribution in [3.8, 4) is 0 Å². The summed E-state index contributed by atoms with van der Waals surface area (Å²) in [6, 6.07) is 10.5. The molecule has 3 rings (SSSR count). The van der Waals surface area contributed by atoms with Crippen LogP contribution in [-0.4, -0.2) is 15.0 Å². The summed E-state index contributed by atoms with van der Waals surface area (Å²) < 4.78 is 0. The molecule has 0 atom stereocenters. The van der Waals surface area contributed by atoms with E-state index in [1.54, 1.807) is 0 Å². The quantitative estimate of drug-likeness (QED) is 0.762. The van der Waals surface area contributed by atoms with E-state index in [4.69, 9.17) is 5.73 Å². The van der Waals surface area contributed by atoms with Crippen LogP contribution in [0.4, 0.5) is 0 Å². The zero-order chi connectivity index (χ0) is 13.9. The lowest BCUT2D eigenvalue weighted by atomic mass is 10.0. The van der Waals surface area contributed by atoms with Gasteiger partial charge in [0.1, 0.15) is 11.5 Å². The number of H-pyrrole nitrogens is 1. The molecular formula is C16H18N4. The summed E-state index contributed by atoms with van der Waals surface area (Å²) in [6.07, 6.45) is 3.81. The number of fused-ring (bicyclic) bond motifs is 1. The summed E-state index contributed by atoms with van der Waals surface area (Å²) in [7, 11) is 0. The molecule has 0 fully saturated rings. The maximum absolute atomic E-state index is 5.80. The number of benzene rings is 1. The minimum atomic E-state index is 0.505. The molecule has 3 aromatic rings. The lowest BCUT2D eigenvalue weighted by Gasteiger charge is -2.06. The number of aromatic nitrogens is 3. The Balaban J connectivity index is 1.95. The second kappa shape index (κ2) is 5.43. The molecule has 4 heteroatoms. The van der Waals surface area contributed by atoms with Crippen LogP contribution in [0, 0.1) is 6.92 Å². The van der Waals surface area contributed by atoms with Crippen LogP contribution in [-0.2, 0) is 19.4 Å². The van der Waals surface area contributed by atoms with Crippen molar-refractivity contribution >= 4 is 11.0 Å². The molecule has 0 aliphatic heterocycles. The smallest absolute Gasteiger partial charge is 0.141 e. The van der Waals surface area contributed by atoms with Crippen LogP contribution in [0.15, 0.2) is 36.5 Å². The molecule has 2 heterocycles. The summed E-state index contributed by atoms with van der Waals surface area (Å²) in [6.45, 7) is 2.43. The monoisotopic (exact) mass is 266 g/mol. The summed E-state index contributed by atoms with van der Waals surface area (Å²) in [5, 5.41) is 1.09. The van der Waals surface area contributed by atoms with E-state index in [2.05, 4.69) is 39.2 Å². The highest BCUT2D eigenvalue weighted by Crippen LogP contribution is 2.21. The minimum Gasteiger partial charge on any atom is -0.346 e. The van der Waals surface area contributed by atoms with Gasteiger partial charge in [0.2, 0.25) is 0 Å². The Hall–Kier alpha value is -2.20. The van der Waals surface area contributed by atoms with Gasteiger partial charge >= 0.3 is 0 Å². The van der Waals surface area contributed by atoms with E-state index in [9.17, 15) is 0 Å². The molecule has 1 aromatic carbocycles. The number of rotatable bonds is 4. The van der Waals surface area contributed by atoms with E-state index in [-0.39, 0.29) is 0 Å². The molecule has 0 saturated carbocycles. The first-order chi connectivity index (χ1) is 9.78. The van der Waals surface area contributed by atoms with Gasteiger partial charge in [-0.1, -0.05) is 30.3 Å². The molecule has 102 valence electrons. The van der Waals surface area contributed by atoms with Crippen molar-refractivity contribution in [2.45, 2.75) is 26.3 Å². The van der Waals surface area contributed by atoms with Crippen LogP contribution in [0.2, 0.25) is 0 Å². The summed E-state index contributed by atoms with van der Waals surface area (Å²) in [5.41, 5.74) is 10.2. The van der Waals surface area contributed by atoms with Crippen LogP contribution >= 0.6 is 0 Å². The highest BCUT2D eigenvalue weighted by Gasteiger charge is 2.11. The third-order valence-corrected chi connectivity index (χ3v) is 3.51. The lowest BCUT2D eigenvalue weighted by molar-refractivity contribution is 0.896. The van der Waals surface area contributed by atoms with Gasteiger partial charge in [-0.3, -0.25) is 0 Å². The first-order valence-corrected chi connectivity index (χ1v) is 6.85. The minimum absolute atomic E-state index is 0.505. The molecular weight excluding hydrogens is 248 g/mol. The normalized spacial score (nSPS) is 11.1.